The molecular weight excluding hydrogens is 953 g/mol. The highest BCUT2D eigenvalue weighted by atomic mass is 35.5. The molecule has 0 bridgehead atoms. The van der Waals surface area contributed by atoms with Crippen LogP contribution in [0.25, 0.3) is 11.0 Å². The minimum atomic E-state index is -0.546. The van der Waals surface area contributed by atoms with Crippen molar-refractivity contribution in [1.82, 2.24) is 61.4 Å². The molecule has 0 aliphatic heterocycles. The normalized spacial score (nSPS) is 9.78. The SMILES string of the molecule is C.NNC(=O)c1ccco1.NNCCO.Nc1nc(Cl)c(C=O)c(Cl)n1.Nc1nc(Cl)c(C=O)c(NNC(=O)c2ccco2)n1.Nc1nc(NNC(=O)c2ccco2)c2cnn(CCO)c2n1. The minimum Gasteiger partial charge on any atom is -0.459 e. The smallest absolute Gasteiger partial charge is 0.305 e. The third kappa shape index (κ3) is 17.1. The molecule has 3 amide bonds. The van der Waals surface area contributed by atoms with E-state index in [0.29, 0.717) is 36.0 Å². The highest BCUT2D eigenvalue weighted by Crippen LogP contribution is 2.22. The number of furan rings is 3. The number of anilines is 5. The van der Waals surface area contributed by atoms with Crippen molar-refractivity contribution in [3.05, 3.63) is 105 Å². The van der Waals surface area contributed by atoms with Crippen LogP contribution in [0.5, 0.6) is 0 Å². The molecule has 0 fully saturated rings. The molecule has 32 heteroatoms. The lowest BCUT2D eigenvalue weighted by Gasteiger charge is -2.09. The fourth-order valence-corrected chi connectivity index (χ4v) is 4.94. The summed E-state index contributed by atoms with van der Waals surface area (Å²) < 4.78 is 16.0. The Bertz CT molecular complexity index is 2610. The number of carbonyl (C=O) groups excluding carboxylic acids is 5. The molecule has 29 nitrogen and oxygen atoms in total. The molecule has 7 aromatic rings. The fourth-order valence-electron chi connectivity index (χ4n) is 4.23. The number of nitrogens with two attached hydrogens (primary N) is 5. The molecule has 18 N–H and O–H groups in total. The van der Waals surface area contributed by atoms with Gasteiger partial charge in [0.1, 0.15) is 15.5 Å². The van der Waals surface area contributed by atoms with E-state index in [1.54, 1.807) is 18.2 Å². The van der Waals surface area contributed by atoms with Crippen LogP contribution in [0.3, 0.4) is 0 Å². The van der Waals surface area contributed by atoms with E-state index in [2.05, 4.69) is 62.1 Å². The number of aliphatic hydroxyl groups excluding tert-OH is 2. The van der Waals surface area contributed by atoms with E-state index in [-0.39, 0.29) is 94.7 Å². The lowest BCUT2D eigenvalue weighted by molar-refractivity contribution is 0.0921. The quantitative estimate of drug-likeness (QED) is 0.0249. The zero-order valence-electron chi connectivity index (χ0n) is 33.5. The summed E-state index contributed by atoms with van der Waals surface area (Å²) >= 11 is 16.7. The van der Waals surface area contributed by atoms with Gasteiger partial charge in [0.05, 0.1) is 61.3 Å². The van der Waals surface area contributed by atoms with Gasteiger partial charge in [-0.2, -0.15) is 20.1 Å². The molecular formula is C35H42Cl3N19O10. The van der Waals surface area contributed by atoms with Gasteiger partial charge in [0.25, 0.3) is 0 Å². The van der Waals surface area contributed by atoms with E-state index in [1.807, 2.05) is 5.43 Å². The number of hydrogen-bond donors (Lipinski definition) is 13. The molecule has 0 atom stereocenters. The summed E-state index contributed by atoms with van der Waals surface area (Å²) in [6, 6.07) is 9.31. The molecule has 0 saturated heterocycles. The topological polar surface area (TPSA) is 463 Å². The van der Waals surface area contributed by atoms with Gasteiger partial charge in [-0.25, -0.2) is 25.5 Å². The summed E-state index contributed by atoms with van der Waals surface area (Å²) in [6.07, 6.45) is 6.60. The number of halogens is 3. The Morgan fingerprint density at radius 3 is 1.52 bits per heavy atom. The van der Waals surface area contributed by atoms with Crippen molar-refractivity contribution >= 4 is 106 Å². The van der Waals surface area contributed by atoms with Gasteiger partial charge in [-0.15, -0.1) is 0 Å². The lowest BCUT2D eigenvalue weighted by atomic mass is 10.3. The van der Waals surface area contributed by atoms with Crippen molar-refractivity contribution in [2.45, 2.75) is 14.0 Å². The zero-order valence-corrected chi connectivity index (χ0v) is 35.8. The molecule has 0 unspecified atom stereocenters. The first kappa shape index (κ1) is 55.1. The van der Waals surface area contributed by atoms with Gasteiger partial charge in [-0.1, -0.05) is 42.2 Å². The number of nitrogen functional groups attached to an aromatic ring is 4. The monoisotopic (exact) mass is 993 g/mol. The molecule has 7 rings (SSSR count). The van der Waals surface area contributed by atoms with Gasteiger partial charge in [-0.05, 0) is 36.4 Å². The van der Waals surface area contributed by atoms with Crippen LogP contribution in [0.4, 0.5) is 29.5 Å². The highest BCUT2D eigenvalue weighted by molar-refractivity contribution is 6.37. The predicted molar refractivity (Wildman–Crippen MR) is 241 cm³/mol. The van der Waals surface area contributed by atoms with Crippen molar-refractivity contribution < 1.29 is 47.4 Å². The Balaban J connectivity index is 0.000000310. The van der Waals surface area contributed by atoms with Crippen LogP contribution in [0.15, 0.2) is 74.6 Å². The molecule has 7 aromatic heterocycles. The van der Waals surface area contributed by atoms with E-state index in [4.69, 9.17) is 87.2 Å². The minimum absolute atomic E-state index is 0. The first-order chi connectivity index (χ1) is 31.7. The van der Waals surface area contributed by atoms with Gasteiger partial charge in [0.15, 0.2) is 47.1 Å². The van der Waals surface area contributed by atoms with Crippen LogP contribution in [-0.2, 0) is 6.54 Å². The van der Waals surface area contributed by atoms with Crippen LogP contribution in [0, 0.1) is 0 Å². The summed E-state index contributed by atoms with van der Waals surface area (Å²) in [6.45, 7) is 0.771. The number of amides is 3. The van der Waals surface area contributed by atoms with Crippen molar-refractivity contribution in [1.29, 1.82) is 0 Å². The second-order valence-corrected chi connectivity index (χ2v) is 12.5. The molecule has 358 valence electrons. The average molecular weight is 995 g/mol. The Hall–Kier alpha value is -8.03. The number of nitrogens with one attached hydrogen (secondary N) is 6. The molecule has 0 radical (unpaired) electrons. The summed E-state index contributed by atoms with van der Waals surface area (Å²) in [7, 11) is 0. The van der Waals surface area contributed by atoms with Gasteiger partial charge in [0.2, 0.25) is 17.8 Å². The number of aliphatic hydroxyl groups is 2. The first-order valence-corrected chi connectivity index (χ1v) is 18.9. The third-order valence-corrected chi connectivity index (χ3v) is 7.92. The molecule has 0 spiro atoms. The van der Waals surface area contributed by atoms with Crippen molar-refractivity contribution in [2.75, 3.05) is 47.8 Å². The third-order valence-electron chi connectivity index (χ3n) is 7.06. The number of carbonyl (C=O) groups is 5. The molecule has 67 heavy (non-hydrogen) atoms. The number of aromatic nitrogens is 8. The summed E-state index contributed by atoms with van der Waals surface area (Å²) in [5.41, 5.74) is 30.7. The average Bonchev–Trinajstić information content (AvgIpc) is 4.15. The number of rotatable bonds is 13. The Kier molecular flexibility index (Phi) is 23.6. The van der Waals surface area contributed by atoms with Crippen LogP contribution in [0.1, 0.15) is 59.8 Å². The van der Waals surface area contributed by atoms with E-state index in [0.717, 1.165) is 0 Å². The van der Waals surface area contributed by atoms with E-state index in [1.165, 1.54) is 47.9 Å². The number of hydrazine groups is 4. The fraction of sp³-hybridized carbons (Fsp3) is 0.143. The lowest BCUT2D eigenvalue weighted by Crippen LogP contribution is -2.30. The Morgan fingerprint density at radius 1 is 0.657 bits per heavy atom. The second kappa shape index (κ2) is 28.7. The summed E-state index contributed by atoms with van der Waals surface area (Å²) in [5, 5.41) is 21.4. The number of fused-ring (bicyclic) bond motifs is 1. The van der Waals surface area contributed by atoms with Crippen molar-refractivity contribution in [2.24, 2.45) is 11.7 Å². The molecule has 0 aromatic carbocycles. The first-order valence-electron chi connectivity index (χ1n) is 17.8. The number of nitrogens with zero attached hydrogens (tertiary/aromatic N) is 8. The van der Waals surface area contributed by atoms with E-state index >= 15 is 0 Å². The standard InChI is InChI=1S/C12H13N7O3.C10H8ClN5O3.C5H3Cl2N3O.C5H6N2O2.C2H8N2O.CH4/c13-12-15-9(17-18-11(21)8-2-1-5-22-8)7-6-14-19(3-4-20)10(7)16-12;11-7-5(4-17)8(14-10(12)13-7)15-16-9(18)6-2-1-3-19-6;6-3-2(1-11)4(7)10-5(8)9-3;6-7-5(8)4-2-1-3-9-4;3-4-1-2-5;/h1-2,5-6,20H,3-4H2,(H,18,21)(H3,13,15,16,17);1-4H,(H,16,18)(H3,12,13,14,15);1H,(H2,8,9,10);1-3H,6H2,(H,7,8);4-5H,1-3H2;1H4. The van der Waals surface area contributed by atoms with E-state index < -0.39 is 17.7 Å². The highest BCUT2D eigenvalue weighted by Gasteiger charge is 2.16. The molecule has 7 heterocycles. The molecule has 0 saturated carbocycles. The van der Waals surface area contributed by atoms with Gasteiger partial charge in [0, 0.05) is 6.54 Å². The van der Waals surface area contributed by atoms with Crippen molar-refractivity contribution in [3.63, 3.8) is 0 Å². The van der Waals surface area contributed by atoms with Gasteiger partial charge in [-0.3, -0.25) is 62.4 Å². The van der Waals surface area contributed by atoms with Gasteiger partial charge < -0.3 is 40.7 Å². The van der Waals surface area contributed by atoms with Gasteiger partial charge >= 0.3 is 17.7 Å². The Morgan fingerprint density at radius 2 is 1.10 bits per heavy atom. The number of hydrogen-bond acceptors (Lipinski definition) is 25. The largest absolute Gasteiger partial charge is 0.459 e. The zero-order chi connectivity index (χ0) is 48.6. The molecule has 0 aliphatic carbocycles. The molecule has 0 aliphatic rings. The second-order valence-electron chi connectivity index (χ2n) is 11.4. The van der Waals surface area contributed by atoms with Crippen LogP contribution >= 0.6 is 34.8 Å². The van der Waals surface area contributed by atoms with E-state index in [9.17, 15) is 24.0 Å². The number of aldehydes is 2. The van der Waals surface area contributed by atoms with Crippen LogP contribution < -0.4 is 61.4 Å². The maximum atomic E-state index is 11.8. The van der Waals surface area contributed by atoms with Crippen molar-refractivity contribution in [3.8, 4) is 0 Å². The Labute approximate surface area is 392 Å². The van der Waals surface area contributed by atoms with Crippen LogP contribution in [-0.4, -0.2) is 99.9 Å². The van der Waals surface area contributed by atoms with Crippen LogP contribution in [0.2, 0.25) is 15.5 Å². The summed E-state index contributed by atoms with van der Waals surface area (Å²) in [4.78, 5) is 77.6. The maximum Gasteiger partial charge on any atom is 0.305 e. The summed E-state index contributed by atoms with van der Waals surface area (Å²) in [5.74, 6) is 8.70. The maximum absolute atomic E-state index is 11.8. The predicted octanol–water partition coefficient (Wildman–Crippen LogP) is 0.765.